The van der Waals surface area contributed by atoms with Crippen LogP contribution in [-0.4, -0.2) is 55.6 Å². The number of fused-ring (bicyclic) bond motifs is 3. The maximum absolute atomic E-state index is 15.5. The third kappa shape index (κ3) is 6.90. The van der Waals surface area contributed by atoms with Gasteiger partial charge in [-0.15, -0.1) is 0 Å². The van der Waals surface area contributed by atoms with Crippen molar-refractivity contribution < 1.29 is 22.0 Å². The summed E-state index contributed by atoms with van der Waals surface area (Å²) in [6, 6.07) is 15.6. The Morgan fingerprint density at radius 2 is 1.80 bits per heavy atom. The maximum atomic E-state index is 15.5. The van der Waals surface area contributed by atoms with E-state index in [1.807, 2.05) is 6.07 Å². The third-order valence-electron chi connectivity index (χ3n) is 10.3. The number of hydrogen-bond donors (Lipinski definition) is 3. The van der Waals surface area contributed by atoms with Gasteiger partial charge in [-0.05, 0) is 104 Å². The number of amides is 1. The van der Waals surface area contributed by atoms with Crippen molar-refractivity contribution in [1.29, 1.82) is 0 Å². The van der Waals surface area contributed by atoms with Crippen LogP contribution in [0.1, 0.15) is 72.8 Å². The Morgan fingerprint density at radius 3 is 2.59 bits per heavy atom. The number of nitrogens with two attached hydrogens (primary N) is 1. The lowest BCUT2D eigenvalue weighted by Gasteiger charge is -2.33. The largest absolute Gasteiger partial charge is 0.324 e. The monoisotopic (exact) mass is 650 g/mol. The molecule has 3 aliphatic rings. The summed E-state index contributed by atoms with van der Waals surface area (Å²) in [5, 5.41) is 6.47. The van der Waals surface area contributed by atoms with E-state index in [-0.39, 0.29) is 36.0 Å². The van der Waals surface area contributed by atoms with Crippen molar-refractivity contribution in [3.8, 4) is 0 Å². The predicted octanol–water partition coefficient (Wildman–Crippen LogP) is 5.28. The molecule has 46 heavy (non-hydrogen) atoms. The summed E-state index contributed by atoms with van der Waals surface area (Å²) < 4.78 is 57.7. The minimum absolute atomic E-state index is 0.0832. The average Bonchev–Trinajstić information content (AvgIpc) is 3.36. The first-order chi connectivity index (χ1) is 22.1. The molecular formula is C36H44F2N4O3S. The fourth-order valence-corrected chi connectivity index (χ4v) is 9.56. The van der Waals surface area contributed by atoms with E-state index < -0.39 is 33.7 Å². The minimum Gasteiger partial charge on any atom is -0.324 e. The van der Waals surface area contributed by atoms with Crippen LogP contribution in [0.15, 0.2) is 60.7 Å². The van der Waals surface area contributed by atoms with Gasteiger partial charge in [0.15, 0.2) is 0 Å². The van der Waals surface area contributed by atoms with Crippen LogP contribution in [0, 0.1) is 17.6 Å². The molecule has 0 spiro atoms. The molecule has 2 saturated heterocycles. The summed E-state index contributed by atoms with van der Waals surface area (Å²) in [7, 11) is -3.44. The number of nitrogens with zero attached hydrogens (tertiary/aromatic N) is 1. The van der Waals surface area contributed by atoms with E-state index in [2.05, 4.69) is 29.7 Å². The van der Waals surface area contributed by atoms with Gasteiger partial charge in [0, 0.05) is 35.8 Å². The van der Waals surface area contributed by atoms with Gasteiger partial charge in [0.2, 0.25) is 15.9 Å². The van der Waals surface area contributed by atoms with E-state index in [0.29, 0.717) is 42.7 Å². The summed E-state index contributed by atoms with van der Waals surface area (Å²) >= 11 is 0. The molecule has 3 aromatic carbocycles. The summed E-state index contributed by atoms with van der Waals surface area (Å²) in [5.74, 6) is -1.66. The van der Waals surface area contributed by atoms with Gasteiger partial charge in [0.1, 0.15) is 11.6 Å². The molecule has 0 saturated carbocycles. The first-order valence-corrected chi connectivity index (χ1v) is 18.2. The summed E-state index contributed by atoms with van der Waals surface area (Å²) in [5.41, 5.74) is 11.5. The minimum atomic E-state index is -3.44. The van der Waals surface area contributed by atoms with E-state index in [0.717, 1.165) is 37.7 Å². The molecule has 0 radical (unpaired) electrons. The molecule has 2 fully saturated rings. The topological polar surface area (TPSA) is 105 Å². The quantitative estimate of drug-likeness (QED) is 0.293. The van der Waals surface area contributed by atoms with Gasteiger partial charge >= 0.3 is 0 Å². The fraction of sp³-hybridized carbons (Fsp3) is 0.472. The highest BCUT2D eigenvalue weighted by Gasteiger charge is 2.40. The highest BCUT2D eigenvalue weighted by Crippen LogP contribution is 2.34. The molecule has 2 aliphatic heterocycles. The fourth-order valence-electron chi connectivity index (χ4n) is 7.70. The van der Waals surface area contributed by atoms with Crippen LogP contribution in [0.25, 0.3) is 0 Å². The van der Waals surface area contributed by atoms with Crippen molar-refractivity contribution in [3.63, 3.8) is 0 Å². The number of aryl methyl sites for hydroxylation is 2. The van der Waals surface area contributed by atoms with Crippen LogP contribution in [-0.2, 0) is 34.1 Å². The van der Waals surface area contributed by atoms with E-state index in [9.17, 15) is 17.6 Å². The van der Waals surface area contributed by atoms with Crippen molar-refractivity contribution in [2.45, 2.75) is 82.3 Å². The number of nitrogens with one attached hydrogen (secondary N) is 2. The van der Waals surface area contributed by atoms with Gasteiger partial charge in [-0.3, -0.25) is 4.79 Å². The van der Waals surface area contributed by atoms with Gasteiger partial charge in [0.05, 0.1) is 11.8 Å². The molecule has 2 bridgehead atoms. The zero-order valence-corrected chi connectivity index (χ0v) is 27.2. The van der Waals surface area contributed by atoms with Gasteiger partial charge in [-0.25, -0.2) is 17.2 Å². The van der Waals surface area contributed by atoms with Crippen LogP contribution in [0.5, 0.6) is 0 Å². The normalized spacial score (nSPS) is 25.1. The first-order valence-electron chi connectivity index (χ1n) is 16.6. The van der Waals surface area contributed by atoms with Crippen LogP contribution in [0.3, 0.4) is 0 Å². The van der Waals surface area contributed by atoms with Gasteiger partial charge in [-0.2, -0.15) is 4.31 Å². The highest BCUT2D eigenvalue weighted by atomic mass is 32.2. The highest BCUT2D eigenvalue weighted by molar-refractivity contribution is 7.89. The number of hydrogen-bond acceptors (Lipinski definition) is 5. The lowest BCUT2D eigenvalue weighted by Crippen LogP contribution is -2.46. The van der Waals surface area contributed by atoms with Crippen molar-refractivity contribution in [3.05, 3.63) is 100 Å². The molecule has 6 unspecified atom stereocenters. The van der Waals surface area contributed by atoms with E-state index in [4.69, 9.17) is 5.73 Å². The molecule has 6 atom stereocenters. The predicted molar refractivity (Wildman–Crippen MR) is 177 cm³/mol. The zero-order chi connectivity index (χ0) is 32.4. The van der Waals surface area contributed by atoms with Crippen LogP contribution in [0.4, 0.5) is 14.5 Å². The van der Waals surface area contributed by atoms with Gasteiger partial charge < -0.3 is 16.4 Å². The first kappa shape index (κ1) is 32.7. The summed E-state index contributed by atoms with van der Waals surface area (Å²) in [6.07, 6.45) is 5.96. The molecule has 246 valence electrons. The number of halogens is 2. The standard InChI is InChI=1S/C36H44F2N4O3S/c1-2-23-21-40-29-8-5-19-46(44,45)42(22-29)33(23)18-17-30-31(38)9-4-10-32(30)41-36(43)35(39)34(25-13-15-28(37)16-14-25)27-12-11-24-6-3-7-26(24)20-27/h4,9-16,20,23,29,33-35,40H,2-3,5-8,17-19,21-22,39H2,1H3,(H,41,43). The van der Waals surface area contributed by atoms with E-state index in [1.165, 1.54) is 29.3 Å². The molecule has 3 aromatic rings. The van der Waals surface area contributed by atoms with Crippen molar-refractivity contribution >= 4 is 21.6 Å². The second-order valence-corrected chi connectivity index (χ2v) is 15.1. The van der Waals surface area contributed by atoms with Crippen LogP contribution >= 0.6 is 0 Å². The molecular weight excluding hydrogens is 606 g/mol. The maximum Gasteiger partial charge on any atom is 0.242 e. The Bertz CT molecular complexity index is 1670. The summed E-state index contributed by atoms with van der Waals surface area (Å²) in [4.78, 5) is 13.9. The van der Waals surface area contributed by atoms with Crippen LogP contribution < -0.4 is 16.4 Å². The lowest BCUT2D eigenvalue weighted by atomic mass is 9.83. The SMILES string of the molecule is CCC1CNC2CCCS(=O)(=O)N(C2)C1CCc1c(F)cccc1NC(=O)C(N)C(c1ccc(F)cc1)c1ccc2c(c1)CCC2. The molecule has 7 nitrogen and oxygen atoms in total. The Kier molecular flexibility index (Phi) is 9.89. The van der Waals surface area contributed by atoms with E-state index >= 15 is 4.39 Å². The average molecular weight is 651 g/mol. The molecule has 1 aliphatic carbocycles. The van der Waals surface area contributed by atoms with Crippen LogP contribution in [0.2, 0.25) is 0 Å². The molecule has 6 rings (SSSR count). The van der Waals surface area contributed by atoms with Crippen molar-refractivity contribution in [1.82, 2.24) is 9.62 Å². The van der Waals surface area contributed by atoms with Crippen molar-refractivity contribution in [2.75, 3.05) is 24.2 Å². The van der Waals surface area contributed by atoms with Crippen molar-refractivity contribution in [2.24, 2.45) is 11.7 Å². The number of carbonyl (C=O) groups excluding carboxylic acids is 1. The number of carbonyl (C=O) groups is 1. The second-order valence-electron chi connectivity index (χ2n) is 13.1. The zero-order valence-electron chi connectivity index (χ0n) is 26.4. The van der Waals surface area contributed by atoms with E-state index in [1.54, 1.807) is 28.6 Å². The summed E-state index contributed by atoms with van der Waals surface area (Å²) in [6.45, 7) is 3.19. The molecule has 1 amide bonds. The molecule has 0 aromatic heterocycles. The van der Waals surface area contributed by atoms with Gasteiger partial charge in [0.25, 0.3) is 0 Å². The van der Waals surface area contributed by atoms with Gasteiger partial charge in [-0.1, -0.05) is 49.7 Å². The molecule has 10 heteroatoms. The number of benzene rings is 3. The Balaban J connectivity index is 1.25. The smallest absolute Gasteiger partial charge is 0.242 e. The third-order valence-corrected chi connectivity index (χ3v) is 12.2. The molecule has 4 N–H and O–H groups in total. The Hall–Kier alpha value is -3.18. The Labute approximate surface area is 271 Å². The second kappa shape index (κ2) is 13.9. The molecule has 2 heterocycles. The number of anilines is 1. The Morgan fingerprint density at radius 1 is 1.04 bits per heavy atom. The lowest BCUT2D eigenvalue weighted by molar-refractivity contribution is -0.117. The number of rotatable bonds is 9. The number of sulfonamides is 1.